The summed E-state index contributed by atoms with van der Waals surface area (Å²) < 4.78 is 0. The Bertz CT molecular complexity index is 914. The highest BCUT2D eigenvalue weighted by atomic mass is 32.1. The molecule has 0 spiro atoms. The molecule has 5 aromatic heterocycles. The van der Waals surface area contributed by atoms with E-state index >= 15 is 0 Å². The van der Waals surface area contributed by atoms with Gasteiger partial charge in [0.1, 0.15) is 0 Å². The van der Waals surface area contributed by atoms with Gasteiger partial charge < -0.3 is 9.97 Å². The van der Waals surface area contributed by atoms with Crippen LogP contribution in [0.2, 0.25) is 0 Å². The van der Waals surface area contributed by atoms with Crippen LogP contribution in [-0.2, 0) is 0 Å². The van der Waals surface area contributed by atoms with Gasteiger partial charge >= 0.3 is 0 Å². The highest BCUT2D eigenvalue weighted by Gasteiger charge is 2.28. The zero-order valence-electron chi connectivity index (χ0n) is 14.5. The van der Waals surface area contributed by atoms with Crippen LogP contribution < -0.4 is 0 Å². The maximum Gasteiger partial charge on any atom is 0.0681 e. The summed E-state index contributed by atoms with van der Waals surface area (Å²) in [5, 5.41) is 6.57. The van der Waals surface area contributed by atoms with Crippen LogP contribution in [0, 0.1) is 0 Å². The number of hydrogen-bond donors (Lipinski definition) is 2. The van der Waals surface area contributed by atoms with E-state index in [-0.39, 0.29) is 11.8 Å². The highest BCUT2D eigenvalue weighted by Crippen LogP contribution is 2.44. The van der Waals surface area contributed by atoms with Crippen LogP contribution in [0.4, 0.5) is 0 Å². The molecule has 27 heavy (non-hydrogen) atoms. The minimum Gasteiger partial charge on any atom is -0.364 e. The van der Waals surface area contributed by atoms with Gasteiger partial charge in [-0.1, -0.05) is 12.1 Å². The van der Waals surface area contributed by atoms with Crippen molar-refractivity contribution >= 4 is 34.0 Å². The van der Waals surface area contributed by atoms with E-state index in [1.54, 1.807) is 0 Å². The topological polar surface area (TPSA) is 31.6 Å². The Kier molecular flexibility index (Phi) is 4.57. The second-order valence-corrected chi connectivity index (χ2v) is 9.29. The number of aromatic nitrogens is 2. The third-order valence-corrected chi connectivity index (χ3v) is 7.69. The standard InChI is InChI=1S/C22H18N2S3/c1-5-16(23-10-1)20(18-7-3-12-25-18)15-9-14-27-22(15)21(17-6-2-11-24-17)19-8-4-13-26-19/h1-14,20-21,23-24H. The summed E-state index contributed by atoms with van der Waals surface area (Å²) in [4.78, 5) is 11.1. The summed E-state index contributed by atoms with van der Waals surface area (Å²) in [5.41, 5.74) is 3.88. The molecule has 2 N–H and O–H groups in total. The molecule has 0 aliphatic carbocycles. The van der Waals surface area contributed by atoms with Crippen LogP contribution in [0.5, 0.6) is 0 Å². The summed E-state index contributed by atoms with van der Waals surface area (Å²) in [6, 6.07) is 19.6. The summed E-state index contributed by atoms with van der Waals surface area (Å²) in [7, 11) is 0. The zero-order valence-corrected chi connectivity index (χ0v) is 16.9. The lowest BCUT2D eigenvalue weighted by molar-refractivity contribution is 0.902. The summed E-state index contributed by atoms with van der Waals surface area (Å²) in [6.07, 6.45) is 4.04. The van der Waals surface area contributed by atoms with Crippen molar-refractivity contribution in [2.75, 3.05) is 0 Å². The fourth-order valence-corrected chi connectivity index (χ4v) is 6.52. The van der Waals surface area contributed by atoms with Crippen molar-refractivity contribution in [3.05, 3.63) is 115 Å². The molecule has 5 aromatic rings. The Labute approximate surface area is 170 Å². The van der Waals surface area contributed by atoms with Gasteiger partial charge in [0, 0.05) is 38.4 Å². The van der Waals surface area contributed by atoms with Crippen LogP contribution >= 0.6 is 34.0 Å². The van der Waals surface area contributed by atoms with Gasteiger partial charge in [0.2, 0.25) is 0 Å². The van der Waals surface area contributed by atoms with E-state index in [0.29, 0.717) is 0 Å². The SMILES string of the molecule is c1c[nH]c(C(c2cccs2)c2ccsc2C(c2ccc[nH]2)c2cccs2)c1. The number of nitrogens with one attached hydrogen (secondary N) is 2. The Hall–Kier alpha value is -2.34. The Morgan fingerprint density at radius 3 is 1.78 bits per heavy atom. The maximum atomic E-state index is 3.46. The normalized spacial score (nSPS) is 13.6. The van der Waals surface area contributed by atoms with Crippen molar-refractivity contribution < 1.29 is 0 Å². The van der Waals surface area contributed by atoms with Crippen LogP contribution in [0.15, 0.2) is 83.1 Å². The number of H-pyrrole nitrogens is 2. The van der Waals surface area contributed by atoms with Gasteiger partial charge in [-0.2, -0.15) is 0 Å². The molecule has 0 fully saturated rings. The molecule has 5 heterocycles. The van der Waals surface area contributed by atoms with Crippen LogP contribution in [-0.4, -0.2) is 9.97 Å². The van der Waals surface area contributed by atoms with Crippen molar-refractivity contribution in [1.82, 2.24) is 9.97 Å². The van der Waals surface area contributed by atoms with E-state index in [9.17, 15) is 0 Å². The Morgan fingerprint density at radius 1 is 0.593 bits per heavy atom. The van der Waals surface area contributed by atoms with Crippen LogP contribution in [0.3, 0.4) is 0 Å². The molecular weight excluding hydrogens is 388 g/mol. The molecule has 2 nitrogen and oxygen atoms in total. The number of aromatic amines is 2. The maximum absolute atomic E-state index is 3.46. The third-order valence-electron chi connectivity index (χ3n) is 4.82. The Balaban J connectivity index is 1.68. The molecule has 0 saturated heterocycles. The quantitative estimate of drug-likeness (QED) is 0.308. The first-order valence-electron chi connectivity index (χ1n) is 8.82. The van der Waals surface area contributed by atoms with Crippen molar-refractivity contribution in [3.8, 4) is 0 Å². The van der Waals surface area contributed by atoms with E-state index in [1.807, 2.05) is 46.4 Å². The molecular formula is C22H18N2S3. The molecule has 5 heteroatoms. The van der Waals surface area contributed by atoms with Gasteiger partial charge in [-0.3, -0.25) is 0 Å². The van der Waals surface area contributed by atoms with Gasteiger partial charge in [-0.25, -0.2) is 0 Å². The van der Waals surface area contributed by atoms with E-state index in [0.717, 1.165) is 0 Å². The second kappa shape index (κ2) is 7.35. The van der Waals surface area contributed by atoms with Gasteiger partial charge in [0.05, 0.1) is 11.8 Å². The number of rotatable bonds is 6. The molecule has 2 unspecified atom stereocenters. The monoisotopic (exact) mass is 406 g/mol. The second-order valence-electron chi connectivity index (χ2n) is 6.39. The summed E-state index contributed by atoms with van der Waals surface area (Å²) in [5.74, 6) is 0.478. The van der Waals surface area contributed by atoms with Crippen molar-refractivity contribution in [3.63, 3.8) is 0 Å². The predicted molar refractivity (Wildman–Crippen MR) is 116 cm³/mol. The van der Waals surface area contributed by atoms with Crippen molar-refractivity contribution in [1.29, 1.82) is 0 Å². The summed E-state index contributed by atoms with van der Waals surface area (Å²) >= 11 is 5.50. The minimum atomic E-state index is 0.235. The molecule has 0 radical (unpaired) electrons. The van der Waals surface area contributed by atoms with Gasteiger partial charge in [0.15, 0.2) is 0 Å². The minimum absolute atomic E-state index is 0.235. The molecule has 0 aromatic carbocycles. The van der Waals surface area contributed by atoms with Gasteiger partial charge in [-0.05, 0) is 64.2 Å². The first-order chi connectivity index (χ1) is 13.4. The fourth-order valence-electron chi connectivity index (χ4n) is 3.66. The first kappa shape index (κ1) is 16.8. The van der Waals surface area contributed by atoms with Gasteiger partial charge in [0.25, 0.3) is 0 Å². The molecule has 134 valence electrons. The lowest BCUT2D eigenvalue weighted by Gasteiger charge is -2.20. The molecule has 0 bridgehead atoms. The van der Waals surface area contributed by atoms with Crippen LogP contribution in [0.25, 0.3) is 0 Å². The highest BCUT2D eigenvalue weighted by molar-refractivity contribution is 7.12. The number of hydrogen-bond acceptors (Lipinski definition) is 3. The molecule has 5 rings (SSSR count). The van der Waals surface area contributed by atoms with Crippen molar-refractivity contribution in [2.45, 2.75) is 11.8 Å². The van der Waals surface area contributed by atoms with E-state index < -0.39 is 0 Å². The van der Waals surface area contributed by atoms with E-state index in [4.69, 9.17) is 0 Å². The van der Waals surface area contributed by atoms with Crippen molar-refractivity contribution in [2.24, 2.45) is 0 Å². The molecule has 0 aliphatic heterocycles. The smallest absolute Gasteiger partial charge is 0.0681 e. The lowest BCUT2D eigenvalue weighted by Crippen LogP contribution is -2.08. The number of thiophene rings is 3. The fraction of sp³-hybridized carbons (Fsp3) is 0.0909. The van der Waals surface area contributed by atoms with E-state index in [1.165, 1.54) is 31.6 Å². The molecule has 0 saturated carbocycles. The molecule has 2 atom stereocenters. The Morgan fingerprint density at radius 2 is 1.22 bits per heavy atom. The van der Waals surface area contributed by atoms with Gasteiger partial charge in [-0.15, -0.1) is 34.0 Å². The van der Waals surface area contributed by atoms with Crippen LogP contribution in [0.1, 0.15) is 43.4 Å². The molecule has 0 amide bonds. The van der Waals surface area contributed by atoms with E-state index in [2.05, 4.69) is 80.7 Å². The molecule has 0 aliphatic rings. The summed E-state index contributed by atoms with van der Waals surface area (Å²) in [6.45, 7) is 0. The average molecular weight is 407 g/mol. The zero-order chi connectivity index (χ0) is 18.1. The third kappa shape index (κ3) is 3.12. The first-order valence-corrected chi connectivity index (χ1v) is 11.5. The lowest BCUT2D eigenvalue weighted by atomic mass is 9.89. The predicted octanol–water partition coefficient (Wildman–Crippen LogP) is 6.89. The largest absolute Gasteiger partial charge is 0.364 e. The average Bonchev–Trinajstić information content (AvgIpc) is 3.50.